The number of anilines is 1. The molecular formula is C20H19N3O4S. The molecule has 0 atom stereocenters. The van der Waals surface area contributed by atoms with Crippen LogP contribution in [-0.4, -0.2) is 24.0 Å². The van der Waals surface area contributed by atoms with Crippen molar-refractivity contribution in [3.05, 3.63) is 45.3 Å². The second kappa shape index (κ2) is 8.15. The largest absolute Gasteiger partial charge is 0.504 e. The standard InChI is InChI=1S/C20H19N3O4S/c1-27-15-9-11(6-7-14(15)24)8-12(10-21)19(26)23-20-17(18(22)25)13-4-2-3-5-16(13)28-20/h6-9,24H,2-5H2,1H3,(H2,22,25)(H,23,26)/b12-8+. The van der Waals surface area contributed by atoms with Gasteiger partial charge in [0.1, 0.15) is 16.6 Å². The lowest BCUT2D eigenvalue weighted by molar-refractivity contribution is -0.112. The fourth-order valence-corrected chi connectivity index (χ4v) is 4.47. The number of fused-ring (bicyclic) bond motifs is 1. The number of nitrogens with one attached hydrogen (secondary N) is 1. The van der Waals surface area contributed by atoms with Crippen molar-refractivity contribution in [2.75, 3.05) is 12.4 Å². The van der Waals surface area contributed by atoms with E-state index >= 15 is 0 Å². The average molecular weight is 397 g/mol. The predicted molar refractivity (Wildman–Crippen MR) is 106 cm³/mol. The van der Waals surface area contributed by atoms with Crippen LogP contribution in [0.25, 0.3) is 6.08 Å². The molecule has 2 aromatic rings. The van der Waals surface area contributed by atoms with Gasteiger partial charge in [0.25, 0.3) is 11.8 Å². The van der Waals surface area contributed by atoms with Crippen LogP contribution in [0.4, 0.5) is 5.00 Å². The number of hydrogen-bond donors (Lipinski definition) is 3. The van der Waals surface area contributed by atoms with Crippen LogP contribution < -0.4 is 15.8 Å². The van der Waals surface area contributed by atoms with Crippen LogP contribution in [0.3, 0.4) is 0 Å². The molecule has 0 unspecified atom stereocenters. The zero-order chi connectivity index (χ0) is 20.3. The van der Waals surface area contributed by atoms with Gasteiger partial charge >= 0.3 is 0 Å². The summed E-state index contributed by atoms with van der Waals surface area (Å²) in [5, 5.41) is 22.1. The highest BCUT2D eigenvalue weighted by Crippen LogP contribution is 2.38. The summed E-state index contributed by atoms with van der Waals surface area (Å²) in [5.41, 5.74) is 7.16. The van der Waals surface area contributed by atoms with Crippen molar-refractivity contribution in [1.29, 1.82) is 5.26 Å². The monoisotopic (exact) mass is 397 g/mol. The molecule has 2 amide bonds. The number of phenolic OH excluding ortho intramolecular Hbond substituents is 1. The van der Waals surface area contributed by atoms with Gasteiger partial charge in [0.2, 0.25) is 0 Å². The number of nitrogens with zero attached hydrogens (tertiary/aromatic N) is 1. The van der Waals surface area contributed by atoms with E-state index in [9.17, 15) is 20.0 Å². The number of methoxy groups -OCH3 is 1. The Bertz CT molecular complexity index is 1020. The molecule has 0 fully saturated rings. The number of rotatable bonds is 5. The molecule has 1 aromatic heterocycles. The van der Waals surface area contributed by atoms with Crippen molar-refractivity contribution in [2.24, 2.45) is 5.73 Å². The summed E-state index contributed by atoms with van der Waals surface area (Å²) in [5.74, 6) is -1.03. The molecule has 7 nitrogen and oxygen atoms in total. The Hall–Kier alpha value is -3.31. The number of aryl methyl sites for hydroxylation is 1. The number of amides is 2. The third-order valence-corrected chi connectivity index (χ3v) is 5.73. The zero-order valence-corrected chi connectivity index (χ0v) is 16.1. The van der Waals surface area contributed by atoms with E-state index in [1.54, 1.807) is 6.07 Å². The molecule has 4 N–H and O–H groups in total. The average Bonchev–Trinajstić information content (AvgIpc) is 3.05. The molecule has 8 heteroatoms. The molecule has 0 bridgehead atoms. The topological polar surface area (TPSA) is 125 Å². The van der Waals surface area contributed by atoms with E-state index in [2.05, 4.69) is 5.32 Å². The van der Waals surface area contributed by atoms with E-state index in [1.807, 2.05) is 6.07 Å². The molecule has 0 saturated carbocycles. The van der Waals surface area contributed by atoms with Gasteiger partial charge in [-0.15, -0.1) is 11.3 Å². The molecular weight excluding hydrogens is 378 g/mol. The first-order chi connectivity index (χ1) is 13.4. The maximum absolute atomic E-state index is 12.6. The summed E-state index contributed by atoms with van der Waals surface area (Å²) in [4.78, 5) is 25.6. The number of phenols is 1. The molecule has 0 aliphatic heterocycles. The quantitative estimate of drug-likeness (QED) is 0.528. The Morgan fingerprint density at radius 1 is 1.36 bits per heavy atom. The maximum Gasteiger partial charge on any atom is 0.266 e. The highest BCUT2D eigenvalue weighted by Gasteiger charge is 2.25. The van der Waals surface area contributed by atoms with Crippen LogP contribution in [0.1, 0.15) is 39.2 Å². The summed E-state index contributed by atoms with van der Waals surface area (Å²) in [7, 11) is 1.41. The smallest absolute Gasteiger partial charge is 0.266 e. The number of carbonyl (C=O) groups is 2. The van der Waals surface area contributed by atoms with Crippen molar-refractivity contribution in [3.8, 4) is 17.6 Å². The molecule has 28 heavy (non-hydrogen) atoms. The fraction of sp³-hybridized carbons (Fsp3) is 0.250. The first kappa shape index (κ1) is 19.5. The Morgan fingerprint density at radius 2 is 2.11 bits per heavy atom. The van der Waals surface area contributed by atoms with E-state index in [4.69, 9.17) is 10.5 Å². The Labute approximate surface area is 166 Å². The lowest BCUT2D eigenvalue weighted by Crippen LogP contribution is -2.19. The molecule has 0 radical (unpaired) electrons. The van der Waals surface area contributed by atoms with E-state index < -0.39 is 11.8 Å². The van der Waals surface area contributed by atoms with Crippen LogP contribution in [-0.2, 0) is 17.6 Å². The fourth-order valence-electron chi connectivity index (χ4n) is 3.18. The number of benzene rings is 1. The predicted octanol–water partition coefficient (Wildman–Crippen LogP) is 2.99. The SMILES string of the molecule is COc1cc(/C=C(\C#N)C(=O)Nc2sc3c(c2C(N)=O)CCCC3)ccc1O. The molecule has 1 aliphatic carbocycles. The van der Waals surface area contributed by atoms with Crippen LogP contribution in [0.15, 0.2) is 23.8 Å². The van der Waals surface area contributed by atoms with Gasteiger partial charge in [0, 0.05) is 4.88 Å². The van der Waals surface area contributed by atoms with Crippen molar-refractivity contribution in [3.63, 3.8) is 0 Å². The Kier molecular flexibility index (Phi) is 5.66. The number of primary amides is 1. The lowest BCUT2D eigenvalue weighted by Gasteiger charge is -2.11. The van der Waals surface area contributed by atoms with Crippen LogP contribution in [0.5, 0.6) is 11.5 Å². The molecule has 1 aromatic carbocycles. The van der Waals surface area contributed by atoms with Crippen molar-refractivity contribution < 1.29 is 19.4 Å². The minimum absolute atomic E-state index is 0.0436. The van der Waals surface area contributed by atoms with Gasteiger partial charge in [-0.1, -0.05) is 6.07 Å². The normalized spacial score (nSPS) is 13.4. The van der Waals surface area contributed by atoms with Crippen LogP contribution in [0, 0.1) is 11.3 Å². The number of nitrogens with two attached hydrogens (primary N) is 1. The number of aromatic hydroxyl groups is 1. The number of ether oxygens (including phenoxy) is 1. The Balaban J connectivity index is 1.90. The van der Waals surface area contributed by atoms with Gasteiger partial charge in [-0.05, 0) is 55.0 Å². The van der Waals surface area contributed by atoms with Gasteiger partial charge in [-0.25, -0.2) is 0 Å². The summed E-state index contributed by atoms with van der Waals surface area (Å²) in [6.45, 7) is 0. The van der Waals surface area contributed by atoms with E-state index in [1.165, 1.54) is 36.7 Å². The summed E-state index contributed by atoms with van der Waals surface area (Å²) < 4.78 is 5.03. The van der Waals surface area contributed by atoms with E-state index in [0.717, 1.165) is 36.1 Å². The van der Waals surface area contributed by atoms with Crippen LogP contribution in [0.2, 0.25) is 0 Å². The second-order valence-electron chi connectivity index (χ2n) is 6.33. The second-order valence-corrected chi connectivity index (χ2v) is 7.44. The van der Waals surface area contributed by atoms with Gasteiger partial charge < -0.3 is 20.9 Å². The third-order valence-electron chi connectivity index (χ3n) is 4.52. The van der Waals surface area contributed by atoms with Crippen molar-refractivity contribution in [2.45, 2.75) is 25.7 Å². The third kappa shape index (κ3) is 3.85. The zero-order valence-electron chi connectivity index (χ0n) is 15.2. The lowest BCUT2D eigenvalue weighted by atomic mass is 9.95. The summed E-state index contributed by atoms with van der Waals surface area (Å²) >= 11 is 1.34. The first-order valence-electron chi connectivity index (χ1n) is 8.69. The first-order valence-corrected chi connectivity index (χ1v) is 9.50. The maximum atomic E-state index is 12.6. The molecule has 1 aliphatic rings. The minimum Gasteiger partial charge on any atom is -0.504 e. The van der Waals surface area contributed by atoms with E-state index in [0.29, 0.717) is 16.1 Å². The number of nitriles is 1. The molecule has 1 heterocycles. The van der Waals surface area contributed by atoms with Gasteiger partial charge in [-0.2, -0.15) is 5.26 Å². The summed E-state index contributed by atoms with van der Waals surface area (Å²) in [6.07, 6.45) is 5.00. The van der Waals surface area contributed by atoms with E-state index in [-0.39, 0.29) is 17.1 Å². The number of thiophene rings is 1. The van der Waals surface area contributed by atoms with Gasteiger partial charge in [0.05, 0.1) is 12.7 Å². The van der Waals surface area contributed by atoms with Crippen molar-refractivity contribution >= 4 is 34.2 Å². The summed E-state index contributed by atoms with van der Waals surface area (Å²) in [6, 6.07) is 6.35. The molecule has 0 saturated heterocycles. The number of hydrogen-bond acceptors (Lipinski definition) is 6. The highest BCUT2D eigenvalue weighted by atomic mass is 32.1. The highest BCUT2D eigenvalue weighted by molar-refractivity contribution is 7.17. The molecule has 0 spiro atoms. The molecule has 3 rings (SSSR count). The van der Waals surface area contributed by atoms with Crippen LogP contribution >= 0.6 is 11.3 Å². The number of carbonyl (C=O) groups excluding carboxylic acids is 2. The Morgan fingerprint density at radius 3 is 2.79 bits per heavy atom. The minimum atomic E-state index is -0.629. The van der Waals surface area contributed by atoms with Gasteiger partial charge in [-0.3, -0.25) is 9.59 Å². The van der Waals surface area contributed by atoms with Crippen molar-refractivity contribution in [1.82, 2.24) is 0 Å². The molecule has 144 valence electrons. The van der Waals surface area contributed by atoms with Gasteiger partial charge in [0.15, 0.2) is 11.5 Å².